The van der Waals surface area contributed by atoms with E-state index >= 15 is 0 Å². The molecule has 0 fully saturated rings. The smallest absolute Gasteiger partial charge is 0.133 e. The Labute approximate surface area is 126 Å². The minimum absolute atomic E-state index is 0.0294. The summed E-state index contributed by atoms with van der Waals surface area (Å²) in [7, 11) is 0. The Kier molecular flexibility index (Phi) is 3.97. The molecule has 0 amide bonds. The number of nitrogens with one attached hydrogen (secondary N) is 1. The van der Waals surface area contributed by atoms with Crippen molar-refractivity contribution < 1.29 is 8.78 Å². The fourth-order valence-electron chi connectivity index (χ4n) is 2.73. The first-order chi connectivity index (χ1) is 10.1. The van der Waals surface area contributed by atoms with Gasteiger partial charge < -0.3 is 0 Å². The van der Waals surface area contributed by atoms with Gasteiger partial charge in [-0.05, 0) is 36.6 Å². The molecule has 1 aliphatic heterocycles. The van der Waals surface area contributed by atoms with Gasteiger partial charge in [0.1, 0.15) is 11.6 Å². The lowest BCUT2D eigenvalue weighted by Gasteiger charge is -2.24. The molecule has 0 aliphatic carbocycles. The van der Waals surface area contributed by atoms with Gasteiger partial charge in [-0.3, -0.25) is 11.3 Å². The molecule has 2 unspecified atom stereocenters. The van der Waals surface area contributed by atoms with E-state index in [0.717, 1.165) is 11.3 Å². The van der Waals surface area contributed by atoms with Crippen molar-refractivity contribution in [2.45, 2.75) is 29.5 Å². The summed E-state index contributed by atoms with van der Waals surface area (Å²) in [4.78, 5) is 1.15. The van der Waals surface area contributed by atoms with Gasteiger partial charge in [0.15, 0.2) is 0 Å². The number of rotatable bonds is 3. The van der Waals surface area contributed by atoms with Gasteiger partial charge in [-0.2, -0.15) is 0 Å². The van der Waals surface area contributed by atoms with E-state index in [-0.39, 0.29) is 10.8 Å². The van der Waals surface area contributed by atoms with Crippen LogP contribution in [0.5, 0.6) is 0 Å². The normalized spacial score (nSPS) is 18.6. The minimum Gasteiger partial charge on any atom is -0.271 e. The number of aryl methyl sites for hydroxylation is 1. The summed E-state index contributed by atoms with van der Waals surface area (Å²) < 4.78 is 28.4. The van der Waals surface area contributed by atoms with Crippen LogP contribution in [0.1, 0.15) is 22.7 Å². The summed E-state index contributed by atoms with van der Waals surface area (Å²) in [5.74, 6) is 4.53. The second kappa shape index (κ2) is 5.75. The van der Waals surface area contributed by atoms with Gasteiger partial charge in [0.2, 0.25) is 0 Å². The number of thioether (sulfide) groups is 1. The molecule has 0 bridgehead atoms. The van der Waals surface area contributed by atoms with Crippen LogP contribution in [0, 0.1) is 18.6 Å². The Bertz CT molecular complexity index is 650. The Hall–Kier alpha value is -1.43. The predicted octanol–water partition coefficient (Wildman–Crippen LogP) is 3.49. The molecule has 1 heterocycles. The third kappa shape index (κ3) is 2.57. The number of hydrazine groups is 1. The van der Waals surface area contributed by atoms with E-state index in [2.05, 4.69) is 5.43 Å². The molecule has 3 N–H and O–H groups in total. The number of fused-ring (bicyclic) bond motifs is 1. The minimum atomic E-state index is -0.567. The van der Waals surface area contributed by atoms with Gasteiger partial charge in [-0.1, -0.05) is 24.3 Å². The van der Waals surface area contributed by atoms with E-state index in [9.17, 15) is 8.78 Å². The summed E-state index contributed by atoms with van der Waals surface area (Å²) in [6.45, 7) is 1.63. The van der Waals surface area contributed by atoms with Crippen molar-refractivity contribution in [1.82, 2.24) is 5.43 Å². The Morgan fingerprint density at radius 1 is 1.24 bits per heavy atom. The molecule has 2 atom stereocenters. The number of hydrogen-bond donors (Lipinski definition) is 2. The average molecular weight is 306 g/mol. The zero-order chi connectivity index (χ0) is 15.0. The lowest BCUT2D eigenvalue weighted by molar-refractivity contribution is 0.461. The van der Waals surface area contributed by atoms with E-state index in [4.69, 9.17) is 5.84 Å². The zero-order valence-corrected chi connectivity index (χ0v) is 12.4. The molecule has 5 heteroatoms. The Balaban J connectivity index is 1.96. The Morgan fingerprint density at radius 2 is 2.00 bits per heavy atom. The van der Waals surface area contributed by atoms with Crippen molar-refractivity contribution in [1.29, 1.82) is 0 Å². The highest BCUT2D eigenvalue weighted by molar-refractivity contribution is 8.00. The van der Waals surface area contributed by atoms with Crippen LogP contribution in [0.2, 0.25) is 0 Å². The molecule has 0 radical (unpaired) electrons. The molecule has 2 aromatic carbocycles. The molecule has 0 saturated heterocycles. The average Bonchev–Trinajstić information content (AvgIpc) is 2.91. The number of halogens is 2. The number of benzene rings is 2. The van der Waals surface area contributed by atoms with E-state index in [0.29, 0.717) is 5.56 Å². The van der Waals surface area contributed by atoms with Crippen molar-refractivity contribution >= 4 is 11.8 Å². The van der Waals surface area contributed by atoms with Crippen molar-refractivity contribution in [2.24, 2.45) is 5.84 Å². The maximum Gasteiger partial charge on any atom is 0.133 e. The lowest BCUT2D eigenvalue weighted by atomic mass is 9.96. The van der Waals surface area contributed by atoms with Gasteiger partial charge in [0.05, 0.1) is 6.04 Å². The van der Waals surface area contributed by atoms with E-state index in [1.165, 1.54) is 17.7 Å². The molecular formula is C16H16F2N2S. The first kappa shape index (κ1) is 14.5. The van der Waals surface area contributed by atoms with Crippen LogP contribution in [-0.2, 0) is 6.42 Å². The van der Waals surface area contributed by atoms with Crippen molar-refractivity contribution in [3.63, 3.8) is 0 Å². The van der Waals surface area contributed by atoms with Crippen molar-refractivity contribution in [2.75, 3.05) is 0 Å². The van der Waals surface area contributed by atoms with E-state index < -0.39 is 17.7 Å². The van der Waals surface area contributed by atoms with Crippen LogP contribution in [0.4, 0.5) is 8.78 Å². The molecule has 21 heavy (non-hydrogen) atoms. The molecular weight excluding hydrogens is 290 g/mol. The molecule has 110 valence electrons. The molecule has 1 aliphatic rings. The highest BCUT2D eigenvalue weighted by Gasteiger charge is 2.33. The maximum atomic E-state index is 14.3. The highest BCUT2D eigenvalue weighted by Crippen LogP contribution is 2.43. The molecule has 2 aromatic rings. The third-order valence-corrected chi connectivity index (χ3v) is 5.25. The highest BCUT2D eigenvalue weighted by atomic mass is 32.2. The van der Waals surface area contributed by atoms with Crippen LogP contribution in [0.15, 0.2) is 41.3 Å². The quantitative estimate of drug-likeness (QED) is 0.673. The lowest BCUT2D eigenvalue weighted by Crippen LogP contribution is -2.36. The van der Waals surface area contributed by atoms with Gasteiger partial charge in [0.25, 0.3) is 0 Å². The standard InChI is InChI=1S/C16H16F2N2S/c1-9-6-7-11(17)14(15(9)18)16(20-19)13-8-10-4-2-3-5-12(10)21-13/h2-7,13,16,20H,8,19H2,1H3. The van der Waals surface area contributed by atoms with Gasteiger partial charge in [0, 0.05) is 15.7 Å². The Morgan fingerprint density at radius 3 is 2.71 bits per heavy atom. The summed E-state index contributed by atoms with van der Waals surface area (Å²) >= 11 is 1.61. The largest absolute Gasteiger partial charge is 0.271 e. The van der Waals surface area contributed by atoms with Crippen LogP contribution < -0.4 is 11.3 Å². The molecule has 3 rings (SSSR count). The molecule has 2 nitrogen and oxygen atoms in total. The summed E-state index contributed by atoms with van der Waals surface area (Å²) in [6, 6.07) is 10.2. The second-order valence-corrected chi connectivity index (χ2v) is 6.49. The van der Waals surface area contributed by atoms with Gasteiger partial charge in [-0.25, -0.2) is 8.78 Å². The second-order valence-electron chi connectivity index (χ2n) is 5.20. The van der Waals surface area contributed by atoms with Crippen LogP contribution in [-0.4, -0.2) is 5.25 Å². The van der Waals surface area contributed by atoms with Crippen molar-refractivity contribution in [3.8, 4) is 0 Å². The fraction of sp³-hybridized carbons (Fsp3) is 0.250. The zero-order valence-electron chi connectivity index (χ0n) is 11.6. The maximum absolute atomic E-state index is 14.3. The fourth-order valence-corrected chi connectivity index (χ4v) is 4.13. The van der Waals surface area contributed by atoms with E-state index in [1.807, 2.05) is 24.3 Å². The molecule has 0 aromatic heterocycles. The van der Waals surface area contributed by atoms with E-state index in [1.54, 1.807) is 18.7 Å². The number of hydrogen-bond acceptors (Lipinski definition) is 3. The monoisotopic (exact) mass is 306 g/mol. The third-order valence-electron chi connectivity index (χ3n) is 3.85. The first-order valence-corrected chi connectivity index (χ1v) is 7.65. The SMILES string of the molecule is Cc1ccc(F)c(C(NN)C2Cc3ccccc3S2)c1F. The van der Waals surface area contributed by atoms with Gasteiger partial charge in [-0.15, -0.1) is 11.8 Å². The predicted molar refractivity (Wildman–Crippen MR) is 81.0 cm³/mol. The molecule has 0 saturated carbocycles. The number of nitrogens with two attached hydrogens (primary N) is 1. The van der Waals surface area contributed by atoms with Crippen LogP contribution in [0.25, 0.3) is 0 Å². The van der Waals surface area contributed by atoms with Crippen molar-refractivity contribution in [3.05, 3.63) is 64.7 Å². The van der Waals surface area contributed by atoms with Crippen LogP contribution in [0.3, 0.4) is 0 Å². The summed E-state index contributed by atoms with van der Waals surface area (Å²) in [6.07, 6.45) is 0.739. The summed E-state index contributed by atoms with van der Waals surface area (Å²) in [5, 5.41) is -0.0294. The van der Waals surface area contributed by atoms with Crippen LogP contribution >= 0.6 is 11.8 Å². The molecule has 0 spiro atoms. The van der Waals surface area contributed by atoms with Gasteiger partial charge >= 0.3 is 0 Å². The first-order valence-electron chi connectivity index (χ1n) is 6.77. The topological polar surface area (TPSA) is 38.0 Å². The summed E-state index contributed by atoms with van der Waals surface area (Å²) in [5.41, 5.74) is 4.25.